The fourth-order valence-corrected chi connectivity index (χ4v) is 1.75. The summed E-state index contributed by atoms with van der Waals surface area (Å²) < 4.78 is 1.35. The van der Waals surface area contributed by atoms with Crippen LogP contribution < -0.4 is 5.32 Å². The molecule has 0 saturated heterocycles. The molecule has 1 amide bonds. The zero-order chi connectivity index (χ0) is 15.6. The summed E-state index contributed by atoms with van der Waals surface area (Å²) in [7, 11) is 0. The number of nitrogens with one attached hydrogen (secondary N) is 1. The Kier molecular flexibility index (Phi) is 3.95. The number of carbonyl (C=O) groups excluding carboxylic acids is 1. The zero-order valence-corrected chi connectivity index (χ0v) is 12.1. The SMILES string of the molecule is CC(C)(NC(=O)c1cn(-c2ccccc2Cl)nn1)C(=O)O. The molecule has 7 nitrogen and oxygen atoms in total. The number of rotatable bonds is 4. The van der Waals surface area contributed by atoms with Crippen LogP contribution in [0.3, 0.4) is 0 Å². The van der Waals surface area contributed by atoms with Crippen molar-refractivity contribution in [3.63, 3.8) is 0 Å². The summed E-state index contributed by atoms with van der Waals surface area (Å²) in [6.07, 6.45) is 1.38. The van der Waals surface area contributed by atoms with Gasteiger partial charge in [0.05, 0.1) is 16.9 Å². The molecule has 1 aromatic heterocycles. The lowest BCUT2D eigenvalue weighted by atomic mass is 10.1. The molecule has 0 saturated carbocycles. The molecule has 0 bridgehead atoms. The maximum Gasteiger partial charge on any atom is 0.328 e. The van der Waals surface area contributed by atoms with Gasteiger partial charge in [-0.1, -0.05) is 28.9 Å². The van der Waals surface area contributed by atoms with E-state index in [0.717, 1.165) is 0 Å². The van der Waals surface area contributed by atoms with E-state index in [9.17, 15) is 9.59 Å². The van der Waals surface area contributed by atoms with Crippen molar-refractivity contribution in [1.82, 2.24) is 20.3 Å². The van der Waals surface area contributed by atoms with Crippen LogP contribution in [-0.4, -0.2) is 37.5 Å². The molecule has 2 aromatic rings. The molecule has 1 aromatic carbocycles. The molecule has 110 valence electrons. The number of carboxylic acids is 1. The third-order valence-corrected chi connectivity index (χ3v) is 3.11. The predicted octanol–water partition coefficient (Wildman–Crippen LogP) is 1.51. The van der Waals surface area contributed by atoms with Gasteiger partial charge in [0, 0.05) is 0 Å². The Balaban J connectivity index is 2.23. The summed E-state index contributed by atoms with van der Waals surface area (Å²) in [5, 5.41) is 19.3. The normalized spacial score (nSPS) is 11.2. The van der Waals surface area contributed by atoms with Gasteiger partial charge in [-0.25, -0.2) is 9.48 Å². The minimum Gasteiger partial charge on any atom is -0.480 e. The summed E-state index contributed by atoms with van der Waals surface area (Å²) in [4.78, 5) is 23.0. The third kappa shape index (κ3) is 3.19. The van der Waals surface area contributed by atoms with E-state index in [1.54, 1.807) is 24.3 Å². The number of aromatic nitrogens is 3. The summed E-state index contributed by atoms with van der Waals surface area (Å²) in [5.74, 6) is -1.77. The molecular weight excluding hydrogens is 296 g/mol. The molecule has 2 rings (SSSR count). The van der Waals surface area contributed by atoms with Crippen molar-refractivity contribution in [2.75, 3.05) is 0 Å². The van der Waals surface area contributed by atoms with Gasteiger partial charge >= 0.3 is 5.97 Å². The Morgan fingerprint density at radius 2 is 2.00 bits per heavy atom. The molecule has 0 aliphatic rings. The quantitative estimate of drug-likeness (QED) is 0.892. The minimum atomic E-state index is -1.40. The van der Waals surface area contributed by atoms with Gasteiger partial charge in [-0.05, 0) is 26.0 Å². The van der Waals surface area contributed by atoms with E-state index in [1.807, 2.05) is 0 Å². The number of hydrogen-bond acceptors (Lipinski definition) is 4. The largest absolute Gasteiger partial charge is 0.480 e. The van der Waals surface area contributed by atoms with Gasteiger partial charge in [-0.2, -0.15) is 0 Å². The number of carboxylic acid groups (broad SMARTS) is 1. The number of carbonyl (C=O) groups is 2. The second kappa shape index (κ2) is 5.53. The standard InChI is InChI=1S/C13H13ClN4O3/c1-13(2,12(20)21)15-11(19)9-7-18(17-16-9)10-6-4-3-5-8(10)14/h3-7H,1-2H3,(H,15,19)(H,20,21). The van der Waals surface area contributed by atoms with Crippen molar-refractivity contribution in [3.05, 3.63) is 41.2 Å². The maximum atomic E-state index is 12.0. The first-order chi connectivity index (χ1) is 9.81. The first kappa shape index (κ1) is 15.0. The number of para-hydroxylation sites is 1. The first-order valence-electron chi connectivity index (χ1n) is 6.04. The van der Waals surface area contributed by atoms with Crippen molar-refractivity contribution in [2.24, 2.45) is 0 Å². The average molecular weight is 309 g/mol. The fourth-order valence-electron chi connectivity index (χ4n) is 1.52. The lowest BCUT2D eigenvalue weighted by Gasteiger charge is -2.19. The number of benzene rings is 1. The van der Waals surface area contributed by atoms with Gasteiger partial charge in [0.2, 0.25) is 0 Å². The smallest absolute Gasteiger partial charge is 0.328 e. The van der Waals surface area contributed by atoms with Gasteiger partial charge in [0.15, 0.2) is 5.69 Å². The Hall–Kier alpha value is -2.41. The van der Waals surface area contributed by atoms with Gasteiger partial charge in [-0.15, -0.1) is 5.10 Å². The summed E-state index contributed by atoms with van der Waals surface area (Å²) >= 11 is 6.03. The third-order valence-electron chi connectivity index (χ3n) is 2.79. The lowest BCUT2D eigenvalue weighted by Crippen LogP contribution is -2.49. The molecule has 21 heavy (non-hydrogen) atoms. The molecule has 0 fully saturated rings. The van der Waals surface area contributed by atoms with E-state index in [4.69, 9.17) is 16.7 Å². The molecule has 2 N–H and O–H groups in total. The highest BCUT2D eigenvalue weighted by Gasteiger charge is 2.30. The summed E-state index contributed by atoms with van der Waals surface area (Å²) in [6.45, 7) is 2.76. The van der Waals surface area contributed by atoms with Crippen molar-refractivity contribution < 1.29 is 14.7 Å². The van der Waals surface area contributed by atoms with Crippen LogP contribution in [-0.2, 0) is 4.79 Å². The summed E-state index contributed by atoms with van der Waals surface area (Å²) in [6, 6.07) is 6.95. The van der Waals surface area contributed by atoms with Crippen LogP contribution in [0.1, 0.15) is 24.3 Å². The van der Waals surface area contributed by atoms with E-state index in [0.29, 0.717) is 10.7 Å². The highest BCUT2D eigenvalue weighted by atomic mass is 35.5. The van der Waals surface area contributed by atoms with E-state index in [-0.39, 0.29) is 5.69 Å². The second-order valence-electron chi connectivity index (χ2n) is 4.88. The first-order valence-corrected chi connectivity index (χ1v) is 6.42. The Bertz CT molecular complexity index is 696. The Morgan fingerprint density at radius 3 is 2.62 bits per heavy atom. The minimum absolute atomic E-state index is 0.00393. The van der Waals surface area contributed by atoms with Crippen LogP contribution in [0.5, 0.6) is 0 Å². The molecule has 0 aliphatic carbocycles. The van der Waals surface area contributed by atoms with Crippen LogP contribution in [0.25, 0.3) is 5.69 Å². The molecular formula is C13H13ClN4O3. The van der Waals surface area contributed by atoms with Gasteiger partial charge in [-0.3, -0.25) is 4.79 Å². The van der Waals surface area contributed by atoms with Crippen molar-refractivity contribution >= 4 is 23.5 Å². The van der Waals surface area contributed by atoms with E-state index in [2.05, 4.69) is 15.6 Å². The number of aliphatic carboxylic acids is 1. The van der Waals surface area contributed by atoms with Crippen LogP contribution in [0.2, 0.25) is 5.02 Å². The topological polar surface area (TPSA) is 97.1 Å². The highest BCUT2D eigenvalue weighted by molar-refractivity contribution is 6.32. The van der Waals surface area contributed by atoms with E-state index >= 15 is 0 Å². The Morgan fingerprint density at radius 1 is 1.33 bits per heavy atom. The van der Waals surface area contributed by atoms with Gasteiger partial charge in [0.25, 0.3) is 5.91 Å². The van der Waals surface area contributed by atoms with Gasteiger partial charge in [0.1, 0.15) is 5.54 Å². The second-order valence-corrected chi connectivity index (χ2v) is 5.29. The highest BCUT2D eigenvalue weighted by Crippen LogP contribution is 2.18. The van der Waals surface area contributed by atoms with Crippen LogP contribution in [0.4, 0.5) is 0 Å². The molecule has 1 heterocycles. The van der Waals surface area contributed by atoms with E-state index in [1.165, 1.54) is 24.7 Å². The van der Waals surface area contributed by atoms with Crippen LogP contribution in [0.15, 0.2) is 30.5 Å². The van der Waals surface area contributed by atoms with Crippen molar-refractivity contribution in [1.29, 1.82) is 0 Å². The molecule has 0 unspecified atom stereocenters. The molecule has 0 spiro atoms. The Labute approximate surface area is 125 Å². The predicted molar refractivity (Wildman–Crippen MR) is 75.6 cm³/mol. The number of hydrogen-bond donors (Lipinski definition) is 2. The lowest BCUT2D eigenvalue weighted by molar-refractivity contribution is -0.143. The summed E-state index contributed by atoms with van der Waals surface area (Å²) in [5.41, 5.74) is -0.821. The average Bonchev–Trinajstić information content (AvgIpc) is 2.88. The van der Waals surface area contributed by atoms with Crippen molar-refractivity contribution in [2.45, 2.75) is 19.4 Å². The van der Waals surface area contributed by atoms with Crippen LogP contribution in [0, 0.1) is 0 Å². The van der Waals surface area contributed by atoms with Crippen molar-refractivity contribution in [3.8, 4) is 5.69 Å². The number of amides is 1. The van der Waals surface area contributed by atoms with Gasteiger partial charge < -0.3 is 10.4 Å². The molecule has 0 radical (unpaired) electrons. The monoisotopic (exact) mass is 308 g/mol. The number of nitrogens with zero attached hydrogens (tertiary/aromatic N) is 3. The molecule has 0 atom stereocenters. The maximum absolute atomic E-state index is 12.0. The zero-order valence-electron chi connectivity index (χ0n) is 11.4. The van der Waals surface area contributed by atoms with Crippen LogP contribution >= 0.6 is 11.6 Å². The van der Waals surface area contributed by atoms with E-state index < -0.39 is 17.4 Å². The number of halogens is 1. The fraction of sp³-hybridized carbons (Fsp3) is 0.231. The molecule has 0 aliphatic heterocycles. The molecule has 8 heteroatoms.